The van der Waals surface area contributed by atoms with Crippen molar-refractivity contribution < 1.29 is 4.79 Å². The van der Waals surface area contributed by atoms with Crippen molar-refractivity contribution in [3.63, 3.8) is 0 Å². The van der Waals surface area contributed by atoms with Gasteiger partial charge in [0.15, 0.2) is 5.78 Å². The summed E-state index contributed by atoms with van der Waals surface area (Å²) in [6.07, 6.45) is 8.06. The molecule has 0 N–H and O–H groups in total. The number of imidazole rings is 1. The molecule has 3 aromatic rings. The van der Waals surface area contributed by atoms with E-state index < -0.39 is 0 Å². The molecule has 0 atom stereocenters. The van der Waals surface area contributed by atoms with Crippen LogP contribution in [0.25, 0.3) is 11.8 Å². The first-order valence-corrected chi connectivity index (χ1v) is 8.72. The van der Waals surface area contributed by atoms with Crippen LogP contribution in [-0.2, 0) is 6.42 Å². The first kappa shape index (κ1) is 16.1. The molecule has 1 aliphatic carbocycles. The van der Waals surface area contributed by atoms with Gasteiger partial charge < -0.3 is 0 Å². The third kappa shape index (κ3) is 3.01. The van der Waals surface area contributed by atoms with Gasteiger partial charge >= 0.3 is 0 Å². The van der Waals surface area contributed by atoms with Gasteiger partial charge in [0.1, 0.15) is 0 Å². The summed E-state index contributed by atoms with van der Waals surface area (Å²) < 4.78 is 2.03. The number of benzene rings is 2. The molecule has 0 unspecified atom stereocenters. The van der Waals surface area contributed by atoms with Crippen LogP contribution in [0.5, 0.6) is 0 Å². The maximum Gasteiger partial charge on any atom is 0.194 e. The van der Waals surface area contributed by atoms with E-state index in [4.69, 9.17) is 23.2 Å². The number of allylic oxidation sites excluding steroid dienone is 1. The number of hydrogen-bond donors (Lipinski definition) is 0. The number of ketones is 1. The van der Waals surface area contributed by atoms with E-state index in [1.807, 2.05) is 23.0 Å². The summed E-state index contributed by atoms with van der Waals surface area (Å²) >= 11 is 12.1. The second-order valence-electron chi connectivity index (χ2n) is 5.89. The van der Waals surface area contributed by atoms with Gasteiger partial charge in [0.2, 0.25) is 0 Å². The SMILES string of the molecule is O=C(c1ccc(-n2cnc3c2C=CCC3)cc1)c1cc(Cl)ccc1Cl. The Kier molecular flexibility index (Phi) is 4.20. The molecule has 1 heterocycles. The summed E-state index contributed by atoms with van der Waals surface area (Å²) in [7, 11) is 0. The van der Waals surface area contributed by atoms with Gasteiger partial charge in [-0.3, -0.25) is 9.36 Å². The molecule has 0 fully saturated rings. The van der Waals surface area contributed by atoms with Gasteiger partial charge in [0.25, 0.3) is 0 Å². The number of hydrogen-bond acceptors (Lipinski definition) is 2. The fraction of sp³-hybridized carbons (Fsp3) is 0.100. The number of carbonyl (C=O) groups excluding carboxylic acids is 1. The summed E-state index contributed by atoms with van der Waals surface area (Å²) in [6.45, 7) is 0. The fourth-order valence-electron chi connectivity index (χ4n) is 2.99. The average molecular weight is 369 g/mol. The lowest BCUT2D eigenvalue weighted by molar-refractivity contribution is 0.103. The summed E-state index contributed by atoms with van der Waals surface area (Å²) in [5, 5.41) is 0.883. The first-order chi connectivity index (χ1) is 12.1. The summed E-state index contributed by atoms with van der Waals surface area (Å²) in [6, 6.07) is 12.3. The Morgan fingerprint density at radius 3 is 2.68 bits per heavy atom. The molecule has 1 aromatic heterocycles. The Labute approximate surface area is 155 Å². The first-order valence-electron chi connectivity index (χ1n) is 7.96. The van der Waals surface area contributed by atoms with Crippen molar-refractivity contribution in [3.8, 4) is 5.69 Å². The molecule has 0 bridgehead atoms. The number of fused-ring (bicyclic) bond motifs is 1. The van der Waals surface area contributed by atoms with Gasteiger partial charge in [-0.15, -0.1) is 0 Å². The van der Waals surface area contributed by atoms with E-state index in [1.165, 1.54) is 0 Å². The molecule has 0 aliphatic heterocycles. The highest BCUT2D eigenvalue weighted by atomic mass is 35.5. The molecule has 5 heteroatoms. The van der Waals surface area contributed by atoms with Crippen LogP contribution in [0, 0.1) is 0 Å². The largest absolute Gasteiger partial charge is 0.299 e. The van der Waals surface area contributed by atoms with Crippen molar-refractivity contribution in [2.24, 2.45) is 0 Å². The van der Waals surface area contributed by atoms with E-state index in [1.54, 1.807) is 30.3 Å². The fourth-order valence-corrected chi connectivity index (χ4v) is 3.36. The minimum absolute atomic E-state index is 0.147. The number of nitrogens with zero attached hydrogens (tertiary/aromatic N) is 2. The van der Waals surface area contributed by atoms with Crippen molar-refractivity contribution in [1.82, 2.24) is 9.55 Å². The van der Waals surface area contributed by atoms with Gasteiger partial charge in [-0.25, -0.2) is 4.98 Å². The molecule has 0 spiro atoms. The zero-order valence-corrected chi connectivity index (χ0v) is 14.8. The van der Waals surface area contributed by atoms with Crippen LogP contribution < -0.4 is 0 Å². The third-order valence-corrected chi connectivity index (χ3v) is 4.85. The summed E-state index contributed by atoms with van der Waals surface area (Å²) in [5.41, 5.74) is 4.15. The van der Waals surface area contributed by atoms with E-state index in [0.717, 1.165) is 29.9 Å². The Bertz CT molecular complexity index is 987. The van der Waals surface area contributed by atoms with Gasteiger partial charge in [-0.1, -0.05) is 29.3 Å². The van der Waals surface area contributed by atoms with Crippen molar-refractivity contribution in [2.45, 2.75) is 12.8 Å². The maximum atomic E-state index is 12.7. The summed E-state index contributed by atoms with van der Waals surface area (Å²) in [4.78, 5) is 17.1. The topological polar surface area (TPSA) is 34.9 Å². The second kappa shape index (κ2) is 6.51. The smallest absolute Gasteiger partial charge is 0.194 e. The van der Waals surface area contributed by atoms with Gasteiger partial charge in [0.05, 0.1) is 22.7 Å². The van der Waals surface area contributed by atoms with Crippen LogP contribution >= 0.6 is 23.2 Å². The molecule has 0 amide bonds. The minimum atomic E-state index is -0.147. The molecular weight excluding hydrogens is 355 g/mol. The molecule has 2 aromatic carbocycles. The van der Waals surface area contributed by atoms with Gasteiger partial charge in [-0.2, -0.15) is 0 Å². The Balaban J connectivity index is 1.67. The summed E-state index contributed by atoms with van der Waals surface area (Å²) in [5.74, 6) is -0.147. The van der Waals surface area contributed by atoms with E-state index in [-0.39, 0.29) is 5.78 Å². The molecule has 3 nitrogen and oxygen atoms in total. The highest BCUT2D eigenvalue weighted by Crippen LogP contribution is 2.25. The zero-order valence-electron chi connectivity index (χ0n) is 13.2. The van der Waals surface area contributed by atoms with Gasteiger partial charge in [0, 0.05) is 21.8 Å². The van der Waals surface area contributed by atoms with Crippen molar-refractivity contribution in [3.05, 3.63) is 87.4 Å². The van der Waals surface area contributed by atoms with Gasteiger partial charge in [-0.05, 0) is 61.4 Å². The monoisotopic (exact) mass is 368 g/mol. The Morgan fingerprint density at radius 2 is 1.88 bits per heavy atom. The molecule has 0 radical (unpaired) electrons. The molecule has 4 rings (SSSR count). The van der Waals surface area contributed by atoms with Crippen molar-refractivity contribution in [2.75, 3.05) is 0 Å². The van der Waals surface area contributed by atoms with Crippen LogP contribution in [0.2, 0.25) is 10.0 Å². The second-order valence-corrected chi connectivity index (χ2v) is 6.73. The Hall–Kier alpha value is -2.36. The Morgan fingerprint density at radius 1 is 1.08 bits per heavy atom. The zero-order chi connectivity index (χ0) is 17.4. The number of carbonyl (C=O) groups is 1. The molecule has 25 heavy (non-hydrogen) atoms. The van der Waals surface area contributed by atoms with Crippen molar-refractivity contribution >= 4 is 35.1 Å². The van der Waals surface area contributed by atoms with E-state index in [9.17, 15) is 4.79 Å². The van der Waals surface area contributed by atoms with Crippen LogP contribution in [0.3, 0.4) is 0 Å². The predicted octanol–water partition coefficient (Wildman–Crippen LogP) is 5.37. The average Bonchev–Trinajstić information content (AvgIpc) is 3.07. The molecule has 1 aliphatic rings. The highest BCUT2D eigenvalue weighted by Gasteiger charge is 2.15. The number of halogens is 2. The quantitative estimate of drug-likeness (QED) is 0.582. The van der Waals surface area contributed by atoms with E-state index in [0.29, 0.717) is 21.2 Å². The lowest BCUT2D eigenvalue weighted by Crippen LogP contribution is -2.04. The van der Waals surface area contributed by atoms with Crippen LogP contribution in [0.4, 0.5) is 0 Å². The maximum absolute atomic E-state index is 12.7. The van der Waals surface area contributed by atoms with E-state index in [2.05, 4.69) is 17.1 Å². The lowest BCUT2D eigenvalue weighted by atomic mass is 10.0. The number of aromatic nitrogens is 2. The minimum Gasteiger partial charge on any atom is -0.299 e. The number of rotatable bonds is 3. The van der Waals surface area contributed by atoms with Crippen LogP contribution in [0.1, 0.15) is 33.7 Å². The third-order valence-electron chi connectivity index (χ3n) is 4.29. The molecule has 124 valence electrons. The lowest BCUT2D eigenvalue weighted by Gasteiger charge is -2.10. The van der Waals surface area contributed by atoms with E-state index >= 15 is 0 Å². The molecular formula is C20H14Cl2N2O. The molecule has 0 saturated carbocycles. The number of aryl methyl sites for hydroxylation is 1. The van der Waals surface area contributed by atoms with Crippen LogP contribution in [-0.4, -0.2) is 15.3 Å². The molecule has 0 saturated heterocycles. The normalized spacial score (nSPS) is 12.9. The predicted molar refractivity (Wildman–Crippen MR) is 101 cm³/mol. The van der Waals surface area contributed by atoms with Crippen molar-refractivity contribution in [1.29, 1.82) is 0 Å². The highest BCUT2D eigenvalue weighted by molar-refractivity contribution is 6.36. The standard InChI is InChI=1S/C20H14Cl2N2O/c21-14-7-10-17(22)16(11-14)20(25)13-5-8-15(9-6-13)24-12-23-18-3-1-2-4-19(18)24/h2,4-12H,1,3H2. The van der Waals surface area contributed by atoms with Crippen LogP contribution in [0.15, 0.2) is 54.9 Å².